The Morgan fingerprint density at radius 3 is 0.750 bits per heavy atom. The molecule has 0 aromatic carbocycles. The molecule has 0 unspecified atom stereocenters. The lowest BCUT2D eigenvalue weighted by molar-refractivity contribution is 0.257. The van der Waals surface area contributed by atoms with E-state index in [9.17, 15) is 0 Å². The fourth-order valence-corrected chi connectivity index (χ4v) is 1.15. The Labute approximate surface area is 98.9 Å². The number of rotatable bonds is 10. The van der Waals surface area contributed by atoms with Crippen molar-refractivity contribution in [1.82, 2.24) is 0 Å². The molecule has 4 N–H and O–H groups in total. The zero-order valence-corrected chi connectivity index (χ0v) is 10.3. The topological polar surface area (TPSA) is 80.9 Å². The minimum atomic E-state index is 0.250. The SMILES string of the molecule is OCCCCCCCO.OCCCCCO. The second kappa shape index (κ2) is 20.3. The van der Waals surface area contributed by atoms with Crippen molar-refractivity contribution in [2.45, 2.75) is 51.4 Å². The fourth-order valence-electron chi connectivity index (χ4n) is 1.15. The minimum absolute atomic E-state index is 0.250. The van der Waals surface area contributed by atoms with Crippen molar-refractivity contribution in [2.24, 2.45) is 0 Å². The predicted molar refractivity (Wildman–Crippen MR) is 65.3 cm³/mol. The first-order valence-electron chi connectivity index (χ1n) is 6.26. The predicted octanol–water partition coefficient (Wildman–Crippen LogP) is 1.06. The molecule has 0 fully saturated rings. The molecule has 0 atom stereocenters. The molecule has 0 aromatic heterocycles. The maximum absolute atomic E-state index is 8.37. The number of aliphatic hydroxyl groups is 4. The summed E-state index contributed by atoms with van der Waals surface area (Å²) < 4.78 is 0. The maximum atomic E-state index is 8.37. The lowest BCUT2D eigenvalue weighted by atomic mass is 10.2. The van der Waals surface area contributed by atoms with Gasteiger partial charge in [0.25, 0.3) is 0 Å². The third kappa shape index (κ3) is 23.6. The highest BCUT2D eigenvalue weighted by molar-refractivity contribution is 4.41. The van der Waals surface area contributed by atoms with Crippen LogP contribution >= 0.6 is 0 Å². The highest BCUT2D eigenvalue weighted by Gasteiger charge is 1.86. The smallest absolute Gasteiger partial charge is 0.0431 e. The molecule has 0 aliphatic carbocycles. The molecule has 4 heteroatoms. The first kappa shape index (κ1) is 18.2. The Morgan fingerprint density at radius 1 is 0.312 bits per heavy atom. The van der Waals surface area contributed by atoms with Crippen LogP contribution < -0.4 is 0 Å². The van der Waals surface area contributed by atoms with Gasteiger partial charge in [-0.2, -0.15) is 0 Å². The van der Waals surface area contributed by atoms with E-state index in [2.05, 4.69) is 0 Å². The summed E-state index contributed by atoms with van der Waals surface area (Å²) >= 11 is 0. The number of hydrogen-bond acceptors (Lipinski definition) is 4. The van der Waals surface area contributed by atoms with Gasteiger partial charge in [-0.1, -0.05) is 19.3 Å². The molecule has 0 heterocycles. The first-order valence-corrected chi connectivity index (χ1v) is 6.26. The summed E-state index contributed by atoms with van der Waals surface area (Å²) in [5, 5.41) is 33.2. The number of hydrogen-bond donors (Lipinski definition) is 4. The van der Waals surface area contributed by atoms with Gasteiger partial charge < -0.3 is 20.4 Å². The Balaban J connectivity index is 0. The zero-order chi connectivity index (χ0) is 12.5. The van der Waals surface area contributed by atoms with Crippen LogP contribution in [0.2, 0.25) is 0 Å². The quantitative estimate of drug-likeness (QED) is 0.428. The van der Waals surface area contributed by atoms with Crippen molar-refractivity contribution in [3.8, 4) is 0 Å². The summed E-state index contributed by atoms with van der Waals surface area (Å²) in [5.41, 5.74) is 0. The summed E-state index contributed by atoms with van der Waals surface area (Å²) in [4.78, 5) is 0. The molecule has 0 aliphatic heterocycles. The second-order valence-corrected chi connectivity index (χ2v) is 3.72. The van der Waals surface area contributed by atoms with Crippen molar-refractivity contribution in [3.63, 3.8) is 0 Å². The standard InChI is InChI=1S/C7H16O2.C5H12O2/c8-6-4-2-1-3-5-7-9;6-4-2-1-3-5-7/h8-9H,1-7H2;6-7H,1-5H2. The summed E-state index contributed by atoms with van der Waals surface area (Å²) in [6, 6.07) is 0. The van der Waals surface area contributed by atoms with Crippen LogP contribution in [0.3, 0.4) is 0 Å². The van der Waals surface area contributed by atoms with Crippen molar-refractivity contribution >= 4 is 0 Å². The van der Waals surface area contributed by atoms with Gasteiger partial charge in [0.1, 0.15) is 0 Å². The number of aliphatic hydroxyl groups excluding tert-OH is 4. The molecule has 0 bridgehead atoms. The van der Waals surface area contributed by atoms with E-state index in [-0.39, 0.29) is 13.2 Å². The fraction of sp³-hybridized carbons (Fsp3) is 1.00. The van der Waals surface area contributed by atoms with E-state index in [0.717, 1.165) is 51.4 Å². The highest BCUT2D eigenvalue weighted by Crippen LogP contribution is 2.00. The maximum Gasteiger partial charge on any atom is 0.0431 e. The molecular formula is C12H28O4. The van der Waals surface area contributed by atoms with Gasteiger partial charge in [-0.05, 0) is 32.1 Å². The van der Waals surface area contributed by atoms with Crippen molar-refractivity contribution in [2.75, 3.05) is 26.4 Å². The third-order valence-corrected chi connectivity index (χ3v) is 2.13. The largest absolute Gasteiger partial charge is 0.396 e. The van der Waals surface area contributed by atoms with Gasteiger partial charge in [0, 0.05) is 26.4 Å². The Morgan fingerprint density at radius 2 is 0.500 bits per heavy atom. The van der Waals surface area contributed by atoms with Crippen LogP contribution in [0, 0.1) is 0 Å². The minimum Gasteiger partial charge on any atom is -0.396 e. The van der Waals surface area contributed by atoms with Crippen LogP contribution in [0.4, 0.5) is 0 Å². The molecule has 0 aliphatic rings. The van der Waals surface area contributed by atoms with Gasteiger partial charge in [-0.25, -0.2) is 0 Å². The monoisotopic (exact) mass is 236 g/mol. The zero-order valence-electron chi connectivity index (χ0n) is 10.3. The van der Waals surface area contributed by atoms with E-state index in [4.69, 9.17) is 20.4 Å². The average Bonchev–Trinajstić information content (AvgIpc) is 2.31. The molecular weight excluding hydrogens is 208 g/mol. The Hall–Kier alpha value is -0.160. The summed E-state index contributed by atoms with van der Waals surface area (Å²) in [6.07, 6.45) is 7.72. The lowest BCUT2D eigenvalue weighted by Crippen LogP contribution is -1.85. The number of unbranched alkanes of at least 4 members (excludes halogenated alkanes) is 6. The van der Waals surface area contributed by atoms with Gasteiger partial charge in [0.15, 0.2) is 0 Å². The highest BCUT2D eigenvalue weighted by atomic mass is 16.3. The molecule has 0 saturated heterocycles. The summed E-state index contributed by atoms with van der Waals surface area (Å²) in [6.45, 7) is 1.11. The van der Waals surface area contributed by atoms with Crippen LogP contribution in [-0.4, -0.2) is 46.9 Å². The average molecular weight is 236 g/mol. The van der Waals surface area contributed by atoms with Crippen LogP contribution in [0.25, 0.3) is 0 Å². The van der Waals surface area contributed by atoms with Gasteiger partial charge in [0.05, 0.1) is 0 Å². The molecule has 0 aromatic rings. The first-order chi connectivity index (χ1) is 7.83. The van der Waals surface area contributed by atoms with Crippen LogP contribution in [-0.2, 0) is 0 Å². The van der Waals surface area contributed by atoms with E-state index in [0.29, 0.717) is 13.2 Å². The molecule has 4 nitrogen and oxygen atoms in total. The second-order valence-electron chi connectivity index (χ2n) is 3.72. The van der Waals surface area contributed by atoms with Crippen LogP contribution in [0.1, 0.15) is 51.4 Å². The normalized spacial score (nSPS) is 9.75. The molecule has 0 saturated carbocycles. The van der Waals surface area contributed by atoms with E-state index in [1.165, 1.54) is 0 Å². The molecule has 100 valence electrons. The molecule has 0 spiro atoms. The summed E-state index contributed by atoms with van der Waals surface area (Å²) in [7, 11) is 0. The van der Waals surface area contributed by atoms with Gasteiger partial charge in [0.2, 0.25) is 0 Å². The molecule has 0 amide bonds. The van der Waals surface area contributed by atoms with E-state index in [1.807, 2.05) is 0 Å². The van der Waals surface area contributed by atoms with Crippen molar-refractivity contribution < 1.29 is 20.4 Å². The summed E-state index contributed by atoms with van der Waals surface area (Å²) in [5.74, 6) is 0. The van der Waals surface area contributed by atoms with Crippen LogP contribution in [0.15, 0.2) is 0 Å². The third-order valence-electron chi connectivity index (χ3n) is 2.13. The van der Waals surface area contributed by atoms with Gasteiger partial charge in [-0.3, -0.25) is 0 Å². The Kier molecular flexibility index (Phi) is 23.1. The van der Waals surface area contributed by atoms with Crippen molar-refractivity contribution in [1.29, 1.82) is 0 Å². The van der Waals surface area contributed by atoms with E-state index >= 15 is 0 Å². The molecule has 0 radical (unpaired) electrons. The van der Waals surface area contributed by atoms with E-state index < -0.39 is 0 Å². The van der Waals surface area contributed by atoms with E-state index in [1.54, 1.807) is 0 Å². The van der Waals surface area contributed by atoms with Crippen molar-refractivity contribution in [3.05, 3.63) is 0 Å². The molecule has 0 rings (SSSR count). The van der Waals surface area contributed by atoms with Gasteiger partial charge >= 0.3 is 0 Å². The Bertz CT molecular complexity index is 89.0. The van der Waals surface area contributed by atoms with Gasteiger partial charge in [-0.15, -0.1) is 0 Å². The van der Waals surface area contributed by atoms with Crippen LogP contribution in [0.5, 0.6) is 0 Å². The molecule has 16 heavy (non-hydrogen) atoms. The lowest BCUT2D eigenvalue weighted by Gasteiger charge is -1.95.